The second kappa shape index (κ2) is 7.64. The van der Waals surface area contributed by atoms with E-state index in [0.29, 0.717) is 12.4 Å². The van der Waals surface area contributed by atoms with Crippen molar-refractivity contribution in [3.8, 4) is 5.75 Å². The summed E-state index contributed by atoms with van der Waals surface area (Å²) >= 11 is 3.29. The lowest BCUT2D eigenvalue weighted by atomic mass is 10.1. The first-order valence-electron chi connectivity index (χ1n) is 6.47. The van der Waals surface area contributed by atoms with Crippen molar-refractivity contribution in [1.82, 2.24) is 10.3 Å². The molecule has 110 valence electrons. The van der Waals surface area contributed by atoms with Gasteiger partial charge in [0.2, 0.25) is 0 Å². The number of benzene rings is 1. The van der Waals surface area contributed by atoms with E-state index in [9.17, 15) is 4.79 Å². The predicted octanol–water partition coefficient (Wildman–Crippen LogP) is 3.22. The highest BCUT2D eigenvalue weighted by atomic mass is 79.9. The summed E-state index contributed by atoms with van der Waals surface area (Å²) in [4.78, 5) is 15.8. The highest BCUT2D eigenvalue weighted by Crippen LogP contribution is 2.12. The molecule has 0 aliphatic rings. The zero-order valence-corrected chi connectivity index (χ0v) is 13.2. The highest BCUT2D eigenvalue weighted by Gasteiger charge is 2.02. The molecule has 2 N–H and O–H groups in total. The number of methoxy groups -OCH3 is 1. The largest absolute Gasteiger partial charge is 0.497 e. The second-order valence-corrected chi connectivity index (χ2v) is 5.26. The van der Waals surface area contributed by atoms with Gasteiger partial charge in [0.05, 0.1) is 7.11 Å². The van der Waals surface area contributed by atoms with Crippen LogP contribution >= 0.6 is 15.9 Å². The maximum Gasteiger partial charge on any atom is 0.320 e. The molecule has 0 unspecified atom stereocenters. The molecule has 6 heteroatoms. The third kappa shape index (κ3) is 5.07. The maximum absolute atomic E-state index is 11.7. The summed E-state index contributed by atoms with van der Waals surface area (Å²) in [5, 5.41) is 5.46. The van der Waals surface area contributed by atoms with Gasteiger partial charge in [0.25, 0.3) is 0 Å². The number of rotatable bonds is 5. The molecule has 0 fully saturated rings. The van der Waals surface area contributed by atoms with E-state index in [1.54, 1.807) is 19.4 Å². The second-order valence-electron chi connectivity index (χ2n) is 4.34. The molecule has 2 rings (SSSR count). The molecule has 0 radical (unpaired) electrons. The molecule has 1 aromatic carbocycles. The van der Waals surface area contributed by atoms with Gasteiger partial charge in [-0.15, -0.1) is 0 Å². The number of amides is 2. The fraction of sp³-hybridized carbons (Fsp3) is 0.200. The van der Waals surface area contributed by atoms with Gasteiger partial charge < -0.3 is 10.1 Å². The summed E-state index contributed by atoms with van der Waals surface area (Å²) in [6, 6.07) is 11.1. The number of urea groups is 1. The van der Waals surface area contributed by atoms with E-state index in [2.05, 4.69) is 31.5 Å². The van der Waals surface area contributed by atoms with Gasteiger partial charge in [-0.3, -0.25) is 5.32 Å². The number of carbonyl (C=O) groups excluding carboxylic acids is 1. The van der Waals surface area contributed by atoms with Crippen LogP contribution in [-0.2, 0) is 6.42 Å². The van der Waals surface area contributed by atoms with Crippen LogP contribution in [0.3, 0.4) is 0 Å². The average Bonchev–Trinajstić information content (AvgIpc) is 2.50. The Hall–Kier alpha value is -2.08. The van der Waals surface area contributed by atoms with Crippen molar-refractivity contribution in [3.63, 3.8) is 0 Å². The van der Waals surface area contributed by atoms with E-state index in [4.69, 9.17) is 4.74 Å². The molecule has 5 nitrogen and oxygen atoms in total. The van der Waals surface area contributed by atoms with Gasteiger partial charge in [-0.05, 0) is 52.2 Å². The summed E-state index contributed by atoms with van der Waals surface area (Å²) < 4.78 is 5.97. The zero-order chi connectivity index (χ0) is 15.1. The molecule has 1 heterocycles. The molecule has 0 bridgehead atoms. The number of hydrogen-bond donors (Lipinski definition) is 2. The van der Waals surface area contributed by atoms with Crippen molar-refractivity contribution in [2.75, 3.05) is 19.0 Å². The van der Waals surface area contributed by atoms with Crippen LogP contribution in [0.2, 0.25) is 0 Å². The monoisotopic (exact) mass is 349 g/mol. The number of anilines is 1. The van der Waals surface area contributed by atoms with Crippen LogP contribution in [0, 0.1) is 0 Å². The fourth-order valence-corrected chi connectivity index (χ4v) is 1.96. The van der Waals surface area contributed by atoms with Crippen LogP contribution in [-0.4, -0.2) is 24.7 Å². The molecule has 21 heavy (non-hydrogen) atoms. The number of pyridine rings is 1. The minimum Gasteiger partial charge on any atom is -0.497 e. The average molecular weight is 350 g/mol. The Morgan fingerprint density at radius 1 is 1.24 bits per heavy atom. The Bertz CT molecular complexity index is 585. The number of ether oxygens (including phenoxy) is 1. The van der Waals surface area contributed by atoms with Gasteiger partial charge in [0.15, 0.2) is 0 Å². The van der Waals surface area contributed by atoms with Crippen LogP contribution < -0.4 is 15.4 Å². The Labute approximate surface area is 131 Å². The first-order chi connectivity index (χ1) is 10.2. The van der Waals surface area contributed by atoms with Crippen molar-refractivity contribution in [1.29, 1.82) is 0 Å². The lowest BCUT2D eigenvalue weighted by Crippen LogP contribution is -2.30. The number of carbonyl (C=O) groups is 1. The van der Waals surface area contributed by atoms with Crippen molar-refractivity contribution in [3.05, 3.63) is 52.6 Å². The van der Waals surface area contributed by atoms with Crippen molar-refractivity contribution in [2.24, 2.45) is 0 Å². The highest BCUT2D eigenvalue weighted by molar-refractivity contribution is 9.10. The first-order valence-corrected chi connectivity index (χ1v) is 7.26. The van der Waals surface area contributed by atoms with Gasteiger partial charge in [-0.2, -0.15) is 0 Å². The summed E-state index contributed by atoms with van der Waals surface area (Å²) in [7, 11) is 1.64. The Balaban J connectivity index is 1.74. The number of nitrogens with zero attached hydrogens (tertiary/aromatic N) is 1. The van der Waals surface area contributed by atoms with E-state index in [0.717, 1.165) is 22.2 Å². The molecule has 1 aromatic heterocycles. The molecule has 2 aromatic rings. The van der Waals surface area contributed by atoms with Gasteiger partial charge >= 0.3 is 6.03 Å². The summed E-state index contributed by atoms with van der Waals surface area (Å²) in [6.45, 7) is 0.550. The SMILES string of the molecule is COc1ccc(CCNC(=O)Nc2ccc(Br)cn2)cc1. The third-order valence-electron chi connectivity index (χ3n) is 2.83. The molecule has 2 amide bonds. The maximum atomic E-state index is 11.7. The van der Waals surface area contributed by atoms with Crippen LogP contribution in [0.25, 0.3) is 0 Å². The van der Waals surface area contributed by atoms with Crippen molar-refractivity contribution < 1.29 is 9.53 Å². The minimum absolute atomic E-state index is 0.265. The van der Waals surface area contributed by atoms with E-state index in [1.807, 2.05) is 30.3 Å². The molecule has 0 saturated carbocycles. The number of nitrogens with one attached hydrogen (secondary N) is 2. The quantitative estimate of drug-likeness (QED) is 0.870. The summed E-state index contributed by atoms with van der Waals surface area (Å²) in [5.74, 6) is 1.34. The molecular weight excluding hydrogens is 334 g/mol. The normalized spacial score (nSPS) is 10.0. The van der Waals surface area contributed by atoms with E-state index < -0.39 is 0 Å². The number of halogens is 1. The van der Waals surface area contributed by atoms with Gasteiger partial charge in [0, 0.05) is 17.2 Å². The molecule has 0 spiro atoms. The molecule has 0 aliphatic heterocycles. The van der Waals surface area contributed by atoms with E-state index >= 15 is 0 Å². The molecular formula is C15H16BrN3O2. The van der Waals surface area contributed by atoms with Crippen molar-refractivity contribution in [2.45, 2.75) is 6.42 Å². The Kier molecular flexibility index (Phi) is 5.57. The minimum atomic E-state index is -0.265. The Morgan fingerprint density at radius 2 is 2.00 bits per heavy atom. The summed E-state index contributed by atoms with van der Waals surface area (Å²) in [5.41, 5.74) is 1.14. The summed E-state index contributed by atoms with van der Waals surface area (Å²) in [6.07, 6.45) is 2.39. The van der Waals surface area contributed by atoms with Crippen LogP contribution in [0.4, 0.5) is 10.6 Å². The molecule has 0 aliphatic carbocycles. The van der Waals surface area contributed by atoms with Gasteiger partial charge in [-0.25, -0.2) is 9.78 Å². The first kappa shape index (κ1) is 15.3. The van der Waals surface area contributed by atoms with Gasteiger partial charge in [0.1, 0.15) is 11.6 Å². The zero-order valence-electron chi connectivity index (χ0n) is 11.6. The Morgan fingerprint density at radius 3 is 2.62 bits per heavy atom. The smallest absolute Gasteiger partial charge is 0.320 e. The number of hydrogen-bond acceptors (Lipinski definition) is 3. The van der Waals surface area contributed by atoms with Crippen LogP contribution in [0.1, 0.15) is 5.56 Å². The topological polar surface area (TPSA) is 63.2 Å². The van der Waals surface area contributed by atoms with Crippen LogP contribution in [0.15, 0.2) is 47.1 Å². The number of aromatic nitrogens is 1. The fourth-order valence-electron chi connectivity index (χ4n) is 1.72. The van der Waals surface area contributed by atoms with Gasteiger partial charge in [-0.1, -0.05) is 12.1 Å². The molecule has 0 saturated heterocycles. The van der Waals surface area contributed by atoms with Crippen LogP contribution in [0.5, 0.6) is 5.75 Å². The third-order valence-corrected chi connectivity index (χ3v) is 3.30. The standard InChI is InChI=1S/C15H16BrN3O2/c1-21-13-5-2-11(3-6-13)8-9-17-15(20)19-14-7-4-12(16)10-18-14/h2-7,10H,8-9H2,1H3,(H2,17,18,19,20). The predicted molar refractivity (Wildman–Crippen MR) is 85.7 cm³/mol. The van der Waals surface area contributed by atoms with Crippen molar-refractivity contribution >= 4 is 27.8 Å². The lowest BCUT2D eigenvalue weighted by Gasteiger charge is -2.07. The lowest BCUT2D eigenvalue weighted by molar-refractivity contribution is 0.252. The van der Waals surface area contributed by atoms with E-state index in [-0.39, 0.29) is 6.03 Å². The molecule has 0 atom stereocenters. The van der Waals surface area contributed by atoms with E-state index in [1.165, 1.54) is 0 Å².